The molecular weight excluding hydrogens is 232 g/mol. The summed E-state index contributed by atoms with van der Waals surface area (Å²) in [5.41, 5.74) is 1.72. The first-order chi connectivity index (χ1) is 8.99. The Balaban J connectivity index is 2.46. The van der Waals surface area contributed by atoms with Gasteiger partial charge in [-0.1, -0.05) is 66.3 Å². The minimum absolute atomic E-state index is 0.743. The number of hydrogen-bond donors (Lipinski definition) is 1. The standard InChI is InChI=1S/C18H24O/c1-16(2)10-9-15-18(3,19)14-8-7-13-17-11-5-4-6-12-17/h4-8,10-14,19H,9,15H2,1-3H3/b13-7+,14-8+. The lowest BCUT2D eigenvalue weighted by molar-refractivity contribution is 0.103. The Bertz CT molecular complexity index is 446. The summed E-state index contributed by atoms with van der Waals surface area (Å²) < 4.78 is 0. The molecule has 1 aromatic rings. The van der Waals surface area contributed by atoms with Gasteiger partial charge < -0.3 is 5.11 Å². The summed E-state index contributed by atoms with van der Waals surface area (Å²) in [6.07, 6.45) is 11.6. The third-order valence-electron chi connectivity index (χ3n) is 2.86. The fourth-order valence-electron chi connectivity index (χ4n) is 1.73. The molecule has 0 heterocycles. The van der Waals surface area contributed by atoms with E-state index in [-0.39, 0.29) is 0 Å². The van der Waals surface area contributed by atoms with E-state index in [2.05, 4.69) is 32.1 Å². The first-order valence-electron chi connectivity index (χ1n) is 6.76. The maximum atomic E-state index is 10.2. The van der Waals surface area contributed by atoms with Crippen molar-refractivity contribution < 1.29 is 5.11 Å². The molecule has 0 aliphatic heterocycles. The monoisotopic (exact) mass is 256 g/mol. The molecule has 1 atom stereocenters. The number of hydrogen-bond acceptors (Lipinski definition) is 1. The van der Waals surface area contributed by atoms with Gasteiger partial charge in [-0.3, -0.25) is 0 Å². The smallest absolute Gasteiger partial charge is 0.0805 e. The second-order valence-electron chi connectivity index (χ2n) is 5.31. The first kappa shape index (κ1) is 15.5. The van der Waals surface area contributed by atoms with Gasteiger partial charge in [0, 0.05) is 0 Å². The highest BCUT2D eigenvalue weighted by atomic mass is 16.3. The van der Waals surface area contributed by atoms with Gasteiger partial charge in [0.25, 0.3) is 0 Å². The van der Waals surface area contributed by atoms with Crippen LogP contribution in [0.5, 0.6) is 0 Å². The van der Waals surface area contributed by atoms with E-state index in [0.717, 1.165) is 18.4 Å². The van der Waals surface area contributed by atoms with E-state index < -0.39 is 5.60 Å². The molecule has 1 nitrogen and oxygen atoms in total. The lowest BCUT2D eigenvalue weighted by Gasteiger charge is -2.17. The van der Waals surface area contributed by atoms with Crippen LogP contribution >= 0.6 is 0 Å². The summed E-state index contributed by atoms with van der Waals surface area (Å²) in [5.74, 6) is 0. The Labute approximate surface area is 117 Å². The zero-order chi connectivity index (χ0) is 14.1. The Kier molecular flexibility index (Phi) is 6.31. The molecule has 1 unspecified atom stereocenters. The Hall–Kier alpha value is -1.60. The third-order valence-corrected chi connectivity index (χ3v) is 2.86. The molecule has 1 heteroatoms. The van der Waals surface area contributed by atoms with E-state index in [1.54, 1.807) is 0 Å². The molecule has 1 rings (SSSR count). The van der Waals surface area contributed by atoms with Gasteiger partial charge in [0.05, 0.1) is 5.60 Å². The van der Waals surface area contributed by atoms with Gasteiger partial charge in [0.2, 0.25) is 0 Å². The van der Waals surface area contributed by atoms with Crippen molar-refractivity contribution in [3.63, 3.8) is 0 Å². The second-order valence-corrected chi connectivity index (χ2v) is 5.31. The van der Waals surface area contributed by atoms with Crippen molar-refractivity contribution in [2.24, 2.45) is 0 Å². The van der Waals surface area contributed by atoms with Gasteiger partial charge in [-0.15, -0.1) is 0 Å². The average molecular weight is 256 g/mol. The molecule has 0 spiro atoms. The predicted molar refractivity (Wildman–Crippen MR) is 83.9 cm³/mol. The summed E-state index contributed by atoms with van der Waals surface area (Å²) in [5, 5.41) is 10.2. The minimum atomic E-state index is -0.743. The van der Waals surface area contributed by atoms with E-state index in [0.29, 0.717) is 0 Å². The van der Waals surface area contributed by atoms with E-state index >= 15 is 0 Å². The third kappa shape index (κ3) is 7.43. The van der Waals surface area contributed by atoms with Gasteiger partial charge in [-0.25, -0.2) is 0 Å². The molecule has 0 fully saturated rings. The summed E-state index contributed by atoms with van der Waals surface area (Å²) in [7, 11) is 0. The molecule has 0 saturated heterocycles. The summed E-state index contributed by atoms with van der Waals surface area (Å²) >= 11 is 0. The molecule has 0 saturated carbocycles. The zero-order valence-corrected chi connectivity index (χ0v) is 12.1. The molecule has 0 radical (unpaired) electrons. The number of rotatable bonds is 6. The molecule has 102 valence electrons. The number of allylic oxidation sites excluding steroid dienone is 4. The van der Waals surface area contributed by atoms with Crippen molar-refractivity contribution in [2.45, 2.75) is 39.2 Å². The maximum absolute atomic E-state index is 10.2. The van der Waals surface area contributed by atoms with Gasteiger partial charge in [-0.05, 0) is 39.2 Å². The maximum Gasteiger partial charge on any atom is 0.0805 e. The fraction of sp³-hybridized carbons (Fsp3) is 0.333. The highest BCUT2D eigenvalue weighted by molar-refractivity contribution is 5.50. The SMILES string of the molecule is CC(C)=CCCC(C)(O)/C=C/C=C/c1ccccc1. The molecule has 19 heavy (non-hydrogen) atoms. The van der Waals surface area contributed by atoms with Crippen molar-refractivity contribution in [1.82, 2.24) is 0 Å². The Morgan fingerprint density at radius 2 is 1.84 bits per heavy atom. The Morgan fingerprint density at radius 3 is 2.47 bits per heavy atom. The van der Waals surface area contributed by atoms with Crippen LogP contribution in [0.4, 0.5) is 0 Å². The van der Waals surface area contributed by atoms with Crippen LogP contribution in [0.15, 0.2) is 60.2 Å². The van der Waals surface area contributed by atoms with E-state index in [9.17, 15) is 5.11 Å². The largest absolute Gasteiger partial charge is 0.386 e. The van der Waals surface area contributed by atoms with Gasteiger partial charge in [-0.2, -0.15) is 0 Å². The lowest BCUT2D eigenvalue weighted by atomic mass is 9.99. The normalized spacial score (nSPS) is 14.7. The van der Waals surface area contributed by atoms with Crippen LogP contribution in [-0.2, 0) is 0 Å². The van der Waals surface area contributed by atoms with Crippen LogP contribution in [0.1, 0.15) is 39.2 Å². The topological polar surface area (TPSA) is 20.2 Å². The predicted octanol–water partition coefficient (Wildman–Crippen LogP) is 4.75. The molecule has 0 aliphatic carbocycles. The summed E-state index contributed by atoms with van der Waals surface area (Å²) in [4.78, 5) is 0. The highest BCUT2D eigenvalue weighted by Crippen LogP contribution is 2.15. The van der Waals surface area contributed by atoms with E-state index in [4.69, 9.17) is 0 Å². The minimum Gasteiger partial charge on any atom is -0.386 e. The van der Waals surface area contributed by atoms with E-state index in [1.165, 1.54) is 5.57 Å². The number of benzene rings is 1. The van der Waals surface area contributed by atoms with Crippen LogP contribution in [0.3, 0.4) is 0 Å². The molecule has 1 aromatic carbocycles. The van der Waals surface area contributed by atoms with E-state index in [1.807, 2.05) is 49.4 Å². The quantitative estimate of drug-likeness (QED) is 0.575. The summed E-state index contributed by atoms with van der Waals surface area (Å²) in [6, 6.07) is 10.1. The molecule has 0 amide bonds. The van der Waals surface area contributed by atoms with Crippen LogP contribution in [0.25, 0.3) is 6.08 Å². The lowest BCUT2D eigenvalue weighted by Crippen LogP contribution is -2.19. The average Bonchev–Trinajstić information content (AvgIpc) is 2.35. The van der Waals surface area contributed by atoms with Crippen molar-refractivity contribution in [1.29, 1.82) is 0 Å². The van der Waals surface area contributed by atoms with Gasteiger partial charge in [0.1, 0.15) is 0 Å². The second kappa shape index (κ2) is 7.75. The Morgan fingerprint density at radius 1 is 1.16 bits per heavy atom. The van der Waals surface area contributed by atoms with Crippen LogP contribution in [-0.4, -0.2) is 10.7 Å². The van der Waals surface area contributed by atoms with Crippen LogP contribution in [0, 0.1) is 0 Å². The fourth-order valence-corrected chi connectivity index (χ4v) is 1.73. The van der Waals surface area contributed by atoms with Crippen LogP contribution < -0.4 is 0 Å². The highest BCUT2D eigenvalue weighted by Gasteiger charge is 2.13. The van der Waals surface area contributed by atoms with Crippen molar-refractivity contribution in [3.05, 3.63) is 65.8 Å². The van der Waals surface area contributed by atoms with Crippen LogP contribution in [0.2, 0.25) is 0 Å². The first-order valence-corrected chi connectivity index (χ1v) is 6.76. The van der Waals surface area contributed by atoms with Crippen molar-refractivity contribution >= 4 is 6.08 Å². The van der Waals surface area contributed by atoms with Gasteiger partial charge >= 0.3 is 0 Å². The van der Waals surface area contributed by atoms with Crippen molar-refractivity contribution in [2.75, 3.05) is 0 Å². The number of aliphatic hydroxyl groups is 1. The zero-order valence-electron chi connectivity index (χ0n) is 12.1. The molecular formula is C18H24O. The summed E-state index contributed by atoms with van der Waals surface area (Å²) in [6.45, 7) is 6.00. The molecule has 0 bridgehead atoms. The molecule has 1 N–H and O–H groups in total. The van der Waals surface area contributed by atoms with Crippen molar-refractivity contribution in [3.8, 4) is 0 Å². The molecule has 0 aromatic heterocycles. The molecule has 0 aliphatic rings. The van der Waals surface area contributed by atoms with Gasteiger partial charge in [0.15, 0.2) is 0 Å².